The third-order valence-electron chi connectivity index (χ3n) is 4.15. The van der Waals surface area contributed by atoms with Crippen LogP contribution in [0.3, 0.4) is 0 Å². The molecule has 2 saturated carbocycles. The van der Waals surface area contributed by atoms with Crippen LogP contribution in [-0.2, 0) is 0 Å². The van der Waals surface area contributed by atoms with Crippen LogP contribution in [0.1, 0.15) is 51.9 Å². The van der Waals surface area contributed by atoms with Crippen LogP contribution in [0, 0.1) is 11.8 Å². The molecule has 2 aliphatic rings. The highest BCUT2D eigenvalue weighted by Gasteiger charge is 2.24. The molecule has 2 rings (SSSR count). The molecule has 4 atom stereocenters. The molecule has 0 saturated heterocycles. The molecule has 2 nitrogen and oxygen atoms in total. The van der Waals surface area contributed by atoms with Crippen LogP contribution < -0.4 is 5.32 Å². The molecule has 2 aliphatic carbocycles. The maximum atomic E-state index is 9.45. The summed E-state index contributed by atoms with van der Waals surface area (Å²) in [6, 6.07) is 0.756. The Hall–Kier alpha value is -0.0800. The van der Waals surface area contributed by atoms with Crippen molar-refractivity contribution in [2.75, 3.05) is 6.54 Å². The van der Waals surface area contributed by atoms with Crippen molar-refractivity contribution in [3.05, 3.63) is 0 Å². The van der Waals surface area contributed by atoms with E-state index in [1.807, 2.05) is 0 Å². The summed E-state index contributed by atoms with van der Waals surface area (Å²) in [5.74, 6) is 1.64. The highest BCUT2D eigenvalue weighted by Crippen LogP contribution is 2.27. The number of hydrogen-bond acceptors (Lipinski definition) is 2. The van der Waals surface area contributed by atoms with Crippen molar-refractivity contribution in [2.45, 2.75) is 64.0 Å². The van der Waals surface area contributed by atoms with Crippen LogP contribution in [0.25, 0.3) is 0 Å². The van der Waals surface area contributed by atoms with E-state index in [0.29, 0.717) is 0 Å². The Kier molecular flexibility index (Phi) is 4.04. The lowest BCUT2D eigenvalue weighted by molar-refractivity contribution is 0.176. The molecule has 0 heterocycles. The van der Waals surface area contributed by atoms with Gasteiger partial charge in [-0.3, -0.25) is 0 Å². The van der Waals surface area contributed by atoms with Gasteiger partial charge in [-0.15, -0.1) is 0 Å². The third kappa shape index (κ3) is 3.46. The van der Waals surface area contributed by atoms with Crippen molar-refractivity contribution in [2.24, 2.45) is 11.8 Å². The van der Waals surface area contributed by atoms with Crippen molar-refractivity contribution >= 4 is 0 Å². The van der Waals surface area contributed by atoms with Gasteiger partial charge in [-0.25, -0.2) is 0 Å². The van der Waals surface area contributed by atoms with Crippen LogP contribution >= 0.6 is 0 Å². The van der Waals surface area contributed by atoms with E-state index in [4.69, 9.17) is 0 Å². The second-order valence-electron chi connectivity index (χ2n) is 5.71. The second kappa shape index (κ2) is 5.31. The summed E-state index contributed by atoms with van der Waals surface area (Å²) in [5, 5.41) is 13.2. The molecule has 2 heteroatoms. The number of hydrogen-bond donors (Lipinski definition) is 2. The average Bonchev–Trinajstić information content (AvgIpc) is 2.62. The fourth-order valence-electron chi connectivity index (χ4n) is 3.19. The van der Waals surface area contributed by atoms with Crippen molar-refractivity contribution < 1.29 is 5.11 Å². The highest BCUT2D eigenvalue weighted by atomic mass is 16.3. The summed E-state index contributed by atoms with van der Waals surface area (Å²) in [4.78, 5) is 0. The van der Waals surface area contributed by atoms with Crippen molar-refractivity contribution in [3.63, 3.8) is 0 Å². The number of nitrogens with one attached hydrogen (secondary N) is 1. The maximum absolute atomic E-state index is 9.45. The zero-order valence-corrected chi connectivity index (χ0v) is 9.91. The molecule has 0 amide bonds. The third-order valence-corrected chi connectivity index (χ3v) is 4.15. The topological polar surface area (TPSA) is 32.3 Å². The fraction of sp³-hybridized carbons (Fsp3) is 1.00. The number of aliphatic hydroxyl groups excluding tert-OH is 1. The van der Waals surface area contributed by atoms with Gasteiger partial charge in [-0.05, 0) is 50.5 Å². The zero-order valence-electron chi connectivity index (χ0n) is 9.91. The monoisotopic (exact) mass is 211 g/mol. The van der Waals surface area contributed by atoms with Gasteiger partial charge in [0.2, 0.25) is 0 Å². The fourth-order valence-corrected chi connectivity index (χ4v) is 3.19. The van der Waals surface area contributed by atoms with Gasteiger partial charge in [0.15, 0.2) is 0 Å². The van der Waals surface area contributed by atoms with Gasteiger partial charge in [0.25, 0.3) is 0 Å². The Morgan fingerprint density at radius 2 is 2.00 bits per heavy atom. The van der Waals surface area contributed by atoms with Crippen molar-refractivity contribution in [1.82, 2.24) is 5.32 Å². The van der Waals surface area contributed by atoms with Gasteiger partial charge in [-0.1, -0.05) is 19.8 Å². The van der Waals surface area contributed by atoms with Gasteiger partial charge in [0, 0.05) is 6.04 Å². The van der Waals surface area contributed by atoms with E-state index in [1.165, 1.54) is 32.1 Å². The predicted molar refractivity (Wildman–Crippen MR) is 62.8 cm³/mol. The lowest BCUT2D eigenvalue weighted by Gasteiger charge is -2.28. The van der Waals surface area contributed by atoms with Crippen LogP contribution in [0.4, 0.5) is 0 Å². The minimum Gasteiger partial charge on any atom is -0.393 e. The standard InChI is InChI=1S/C13H25NO/c1-10-3-2-4-12(7-10)14-9-11-5-6-13(15)8-11/h10-15H,2-9H2,1H3. The van der Waals surface area contributed by atoms with Crippen LogP contribution in [-0.4, -0.2) is 23.8 Å². The van der Waals surface area contributed by atoms with Crippen molar-refractivity contribution in [3.8, 4) is 0 Å². The van der Waals surface area contributed by atoms with Gasteiger partial charge in [0.1, 0.15) is 0 Å². The summed E-state index contributed by atoms with van der Waals surface area (Å²) in [5.41, 5.74) is 0. The number of rotatable bonds is 3. The molecule has 15 heavy (non-hydrogen) atoms. The van der Waals surface area contributed by atoms with Crippen LogP contribution in [0.2, 0.25) is 0 Å². The molecule has 0 aliphatic heterocycles. The second-order valence-corrected chi connectivity index (χ2v) is 5.71. The molecule has 0 aromatic carbocycles. The normalized spacial score (nSPS) is 42.0. The molecular formula is C13H25NO. The lowest BCUT2D eigenvalue weighted by atomic mass is 9.87. The Morgan fingerprint density at radius 1 is 1.13 bits per heavy atom. The SMILES string of the molecule is CC1CCCC(NCC2CCC(O)C2)C1. The maximum Gasteiger partial charge on any atom is 0.0543 e. The molecule has 0 radical (unpaired) electrons. The first-order valence-electron chi connectivity index (χ1n) is 6.65. The van der Waals surface area contributed by atoms with E-state index in [0.717, 1.165) is 37.3 Å². The molecule has 88 valence electrons. The quantitative estimate of drug-likeness (QED) is 0.751. The minimum absolute atomic E-state index is 0.0120. The molecular weight excluding hydrogens is 186 g/mol. The van der Waals surface area contributed by atoms with Gasteiger partial charge in [-0.2, -0.15) is 0 Å². The summed E-state index contributed by atoms with van der Waals surface area (Å²) in [6.45, 7) is 3.50. The van der Waals surface area contributed by atoms with E-state index in [-0.39, 0.29) is 6.10 Å². The Labute approximate surface area is 93.5 Å². The Balaban J connectivity index is 1.64. The first-order valence-corrected chi connectivity index (χ1v) is 6.65. The largest absolute Gasteiger partial charge is 0.393 e. The van der Waals surface area contributed by atoms with E-state index >= 15 is 0 Å². The molecule has 0 bridgehead atoms. The van der Waals surface area contributed by atoms with Gasteiger partial charge < -0.3 is 10.4 Å². The number of aliphatic hydroxyl groups is 1. The summed E-state index contributed by atoms with van der Waals surface area (Å²) < 4.78 is 0. The molecule has 4 unspecified atom stereocenters. The van der Waals surface area contributed by atoms with Crippen LogP contribution in [0.15, 0.2) is 0 Å². The van der Waals surface area contributed by atoms with Crippen molar-refractivity contribution in [1.29, 1.82) is 0 Å². The van der Waals surface area contributed by atoms with Gasteiger partial charge >= 0.3 is 0 Å². The molecule has 2 N–H and O–H groups in total. The van der Waals surface area contributed by atoms with Crippen LogP contribution in [0.5, 0.6) is 0 Å². The predicted octanol–water partition coefficient (Wildman–Crippen LogP) is 2.32. The van der Waals surface area contributed by atoms with Gasteiger partial charge in [0.05, 0.1) is 6.10 Å². The molecule has 0 aromatic heterocycles. The smallest absolute Gasteiger partial charge is 0.0543 e. The Bertz CT molecular complexity index is 195. The van der Waals surface area contributed by atoms with E-state index < -0.39 is 0 Å². The zero-order chi connectivity index (χ0) is 10.7. The summed E-state index contributed by atoms with van der Waals surface area (Å²) in [7, 11) is 0. The van der Waals surface area contributed by atoms with E-state index in [2.05, 4.69) is 12.2 Å². The summed E-state index contributed by atoms with van der Waals surface area (Å²) >= 11 is 0. The molecule has 0 spiro atoms. The lowest BCUT2D eigenvalue weighted by Crippen LogP contribution is -2.36. The Morgan fingerprint density at radius 3 is 2.67 bits per heavy atom. The summed E-state index contributed by atoms with van der Waals surface area (Å²) in [6.07, 6.45) is 8.78. The molecule has 2 fully saturated rings. The first kappa shape index (κ1) is 11.4. The van der Waals surface area contributed by atoms with E-state index in [1.54, 1.807) is 0 Å². The average molecular weight is 211 g/mol. The first-order chi connectivity index (χ1) is 7.24. The molecule has 0 aromatic rings. The van der Waals surface area contributed by atoms with E-state index in [9.17, 15) is 5.11 Å². The highest BCUT2D eigenvalue weighted by molar-refractivity contribution is 4.80. The minimum atomic E-state index is -0.0120.